The monoisotopic (exact) mass is 365 g/mol. The number of fused-ring (bicyclic) bond motifs is 1. The maximum Gasteiger partial charge on any atom is 0.342 e. The van der Waals surface area contributed by atoms with Crippen molar-refractivity contribution in [1.82, 2.24) is 4.90 Å². The van der Waals surface area contributed by atoms with Gasteiger partial charge in [-0.1, -0.05) is 0 Å². The van der Waals surface area contributed by atoms with E-state index in [1.807, 2.05) is 18.2 Å². The van der Waals surface area contributed by atoms with Crippen molar-refractivity contribution in [1.29, 1.82) is 0 Å². The van der Waals surface area contributed by atoms with E-state index in [4.69, 9.17) is 18.6 Å². The Labute approximate surface area is 151 Å². The molecule has 1 saturated heterocycles. The van der Waals surface area contributed by atoms with Crippen LogP contribution in [0.25, 0.3) is 11.0 Å². The predicted molar refractivity (Wildman–Crippen MR) is 97.3 cm³/mol. The summed E-state index contributed by atoms with van der Waals surface area (Å²) in [5.74, 6) is 2.48. The van der Waals surface area contributed by atoms with Gasteiger partial charge in [0.2, 0.25) is 0 Å². The first kappa shape index (κ1) is 18.1. The van der Waals surface area contributed by atoms with Crippen LogP contribution in [0.5, 0.6) is 5.75 Å². The molecular formula is C18H23NO5S. The van der Waals surface area contributed by atoms with Crippen molar-refractivity contribution in [3.8, 4) is 5.75 Å². The summed E-state index contributed by atoms with van der Waals surface area (Å²) < 4.78 is 21.8. The summed E-state index contributed by atoms with van der Waals surface area (Å²) in [6.07, 6.45) is 0. The maximum absolute atomic E-state index is 12.4. The van der Waals surface area contributed by atoms with Gasteiger partial charge in [-0.15, -0.1) is 11.8 Å². The average molecular weight is 365 g/mol. The molecule has 0 amide bonds. The quantitative estimate of drug-likeness (QED) is 0.699. The topological polar surface area (TPSA) is 61.1 Å². The molecule has 3 rings (SSSR count). The van der Waals surface area contributed by atoms with Crippen molar-refractivity contribution in [3.63, 3.8) is 0 Å². The molecule has 1 aromatic heterocycles. The lowest BCUT2D eigenvalue weighted by Crippen LogP contribution is -2.35. The molecule has 0 spiro atoms. The minimum Gasteiger partial charge on any atom is -0.497 e. The van der Waals surface area contributed by atoms with Gasteiger partial charge in [-0.3, -0.25) is 4.90 Å². The van der Waals surface area contributed by atoms with E-state index in [-0.39, 0.29) is 5.97 Å². The molecule has 0 saturated carbocycles. The second-order valence-electron chi connectivity index (χ2n) is 5.69. The first-order valence-electron chi connectivity index (χ1n) is 8.37. The summed E-state index contributed by atoms with van der Waals surface area (Å²) in [4.78, 5) is 14.8. The fourth-order valence-corrected chi connectivity index (χ4v) is 3.78. The van der Waals surface area contributed by atoms with Crippen molar-refractivity contribution in [2.45, 2.75) is 12.7 Å². The van der Waals surface area contributed by atoms with E-state index in [1.165, 1.54) is 0 Å². The Kier molecular flexibility index (Phi) is 6.23. The molecular weight excluding hydrogens is 342 g/mol. The second kappa shape index (κ2) is 8.60. The van der Waals surface area contributed by atoms with Gasteiger partial charge in [0, 0.05) is 24.4 Å². The number of benzene rings is 1. The lowest BCUT2D eigenvalue weighted by atomic mass is 10.1. The second-order valence-corrected chi connectivity index (χ2v) is 6.65. The van der Waals surface area contributed by atoms with E-state index in [2.05, 4.69) is 4.90 Å². The van der Waals surface area contributed by atoms with Crippen LogP contribution in [0.15, 0.2) is 22.6 Å². The number of ether oxygens (including phenoxy) is 3. The van der Waals surface area contributed by atoms with Gasteiger partial charge in [-0.25, -0.2) is 4.79 Å². The van der Waals surface area contributed by atoms with E-state index in [9.17, 15) is 4.79 Å². The van der Waals surface area contributed by atoms with Crippen LogP contribution in [-0.2, 0) is 15.2 Å². The molecule has 0 atom stereocenters. The van der Waals surface area contributed by atoms with Gasteiger partial charge >= 0.3 is 5.97 Å². The molecule has 2 aromatic rings. The molecule has 0 aliphatic carbocycles. The first-order chi connectivity index (χ1) is 12.2. The zero-order valence-corrected chi connectivity index (χ0v) is 15.4. The molecule has 6 nitrogen and oxygen atoms in total. The van der Waals surface area contributed by atoms with Crippen LogP contribution in [0.4, 0.5) is 0 Å². The molecule has 0 bridgehead atoms. The molecule has 7 heteroatoms. The van der Waals surface area contributed by atoms with E-state index in [0.717, 1.165) is 37.6 Å². The van der Waals surface area contributed by atoms with E-state index < -0.39 is 0 Å². The standard InChI is InChI=1S/C18H23NO5S/c1-3-23-18(20)17-14-10-13(21-2)4-5-15(14)24-16(17)11-25-12-19-6-8-22-9-7-19/h4-5,10H,3,6-9,11-12H2,1-2H3. The summed E-state index contributed by atoms with van der Waals surface area (Å²) in [6, 6.07) is 5.47. The third-order valence-corrected chi connectivity index (χ3v) is 5.07. The SMILES string of the molecule is CCOC(=O)c1c(CSCN2CCOCC2)oc2ccc(OC)cc12. The Balaban J connectivity index is 1.79. The van der Waals surface area contributed by atoms with Crippen LogP contribution in [0.1, 0.15) is 23.0 Å². The van der Waals surface area contributed by atoms with Crippen molar-refractivity contribution in [2.24, 2.45) is 0 Å². The summed E-state index contributed by atoms with van der Waals surface area (Å²) in [6.45, 7) is 5.56. The number of nitrogens with zero attached hydrogens (tertiary/aromatic N) is 1. The molecule has 1 aromatic carbocycles. The fourth-order valence-electron chi connectivity index (χ4n) is 2.78. The molecule has 2 heterocycles. The van der Waals surface area contributed by atoms with Gasteiger partial charge in [0.05, 0.1) is 32.7 Å². The van der Waals surface area contributed by atoms with Crippen molar-refractivity contribution >= 4 is 28.7 Å². The highest BCUT2D eigenvalue weighted by atomic mass is 32.2. The largest absolute Gasteiger partial charge is 0.497 e. The number of carbonyl (C=O) groups excluding carboxylic acids is 1. The first-order valence-corrected chi connectivity index (χ1v) is 9.52. The van der Waals surface area contributed by atoms with E-state index in [0.29, 0.717) is 35.0 Å². The Morgan fingerprint density at radius 1 is 1.32 bits per heavy atom. The van der Waals surface area contributed by atoms with Crippen molar-refractivity contribution in [3.05, 3.63) is 29.5 Å². The van der Waals surface area contributed by atoms with Gasteiger partial charge in [-0.2, -0.15) is 0 Å². The van der Waals surface area contributed by atoms with Crippen molar-refractivity contribution in [2.75, 3.05) is 45.9 Å². The average Bonchev–Trinajstić information content (AvgIpc) is 3.00. The Morgan fingerprint density at radius 2 is 2.12 bits per heavy atom. The van der Waals surface area contributed by atoms with E-state index >= 15 is 0 Å². The minimum absolute atomic E-state index is 0.329. The van der Waals surface area contributed by atoms with Crippen LogP contribution in [0.2, 0.25) is 0 Å². The molecule has 1 aliphatic heterocycles. The van der Waals surface area contributed by atoms with Gasteiger partial charge in [0.25, 0.3) is 0 Å². The van der Waals surface area contributed by atoms with Crippen LogP contribution >= 0.6 is 11.8 Å². The number of carbonyl (C=O) groups is 1. The summed E-state index contributed by atoms with van der Waals surface area (Å²) in [5, 5.41) is 0.736. The third kappa shape index (κ3) is 4.29. The fraction of sp³-hybridized carbons (Fsp3) is 0.500. The molecule has 25 heavy (non-hydrogen) atoms. The zero-order chi connectivity index (χ0) is 17.6. The number of rotatable bonds is 7. The van der Waals surface area contributed by atoms with Crippen molar-refractivity contribution < 1.29 is 23.4 Å². The van der Waals surface area contributed by atoms with Crippen LogP contribution in [0.3, 0.4) is 0 Å². The highest BCUT2D eigenvalue weighted by molar-refractivity contribution is 7.98. The molecule has 136 valence electrons. The number of esters is 1. The van der Waals surface area contributed by atoms with E-state index in [1.54, 1.807) is 25.8 Å². The Morgan fingerprint density at radius 3 is 2.84 bits per heavy atom. The summed E-state index contributed by atoms with van der Waals surface area (Å²) >= 11 is 1.73. The van der Waals surface area contributed by atoms with Gasteiger partial charge < -0.3 is 18.6 Å². The third-order valence-electron chi connectivity index (χ3n) is 4.06. The van der Waals surface area contributed by atoms with Crippen LogP contribution < -0.4 is 4.74 Å². The highest BCUT2D eigenvalue weighted by Crippen LogP contribution is 2.32. The number of methoxy groups -OCH3 is 1. The normalized spacial score (nSPS) is 15.4. The Hall–Kier alpha value is -1.70. The predicted octanol–water partition coefficient (Wildman–Crippen LogP) is 3.14. The van der Waals surface area contributed by atoms with Gasteiger partial charge in [0.1, 0.15) is 22.7 Å². The minimum atomic E-state index is -0.350. The number of hydrogen-bond donors (Lipinski definition) is 0. The summed E-state index contributed by atoms with van der Waals surface area (Å²) in [5.41, 5.74) is 1.18. The molecule has 0 radical (unpaired) electrons. The molecule has 1 aliphatic rings. The molecule has 1 fully saturated rings. The lowest BCUT2D eigenvalue weighted by Gasteiger charge is -2.25. The Bertz CT molecular complexity index is 724. The van der Waals surface area contributed by atoms with Crippen LogP contribution in [0, 0.1) is 0 Å². The maximum atomic E-state index is 12.4. The number of hydrogen-bond acceptors (Lipinski definition) is 7. The van der Waals surface area contributed by atoms with Gasteiger partial charge in [0.15, 0.2) is 0 Å². The molecule has 0 N–H and O–H groups in total. The zero-order valence-electron chi connectivity index (χ0n) is 14.6. The lowest BCUT2D eigenvalue weighted by molar-refractivity contribution is 0.0473. The number of thioether (sulfide) groups is 1. The number of morpholine rings is 1. The van der Waals surface area contributed by atoms with Gasteiger partial charge in [-0.05, 0) is 25.1 Å². The van der Waals surface area contributed by atoms with Crippen LogP contribution in [-0.4, -0.2) is 56.8 Å². The summed E-state index contributed by atoms with van der Waals surface area (Å²) in [7, 11) is 1.60. The molecule has 0 unspecified atom stereocenters. The number of furan rings is 1. The highest BCUT2D eigenvalue weighted by Gasteiger charge is 2.23. The smallest absolute Gasteiger partial charge is 0.342 e.